The van der Waals surface area contributed by atoms with Crippen molar-refractivity contribution in [2.24, 2.45) is 5.10 Å². The van der Waals surface area contributed by atoms with Gasteiger partial charge in [0, 0.05) is 12.6 Å². The first-order valence-electron chi connectivity index (χ1n) is 7.17. The van der Waals surface area contributed by atoms with Crippen molar-refractivity contribution in [3.8, 4) is 0 Å². The van der Waals surface area contributed by atoms with Gasteiger partial charge in [0.15, 0.2) is 0 Å². The van der Waals surface area contributed by atoms with Crippen LogP contribution in [0.25, 0.3) is 0 Å². The lowest BCUT2D eigenvalue weighted by atomic mass is 10.1. The number of nitrogens with one attached hydrogen (secondary N) is 1. The van der Waals surface area contributed by atoms with Crippen LogP contribution in [-0.2, 0) is 10.0 Å². The Bertz CT molecular complexity index is 884. The zero-order chi connectivity index (χ0) is 17.2. The number of urea groups is 1. The number of carbonyl (C=O) groups excluding carboxylic acids is 1. The monoisotopic (exact) mass is 347 g/mol. The summed E-state index contributed by atoms with van der Waals surface area (Å²) in [6.45, 7) is 0. The smallest absolute Gasteiger partial charge is 0.245 e. The summed E-state index contributed by atoms with van der Waals surface area (Å²) in [5.41, 5.74) is 0.827. The molecule has 1 aliphatic rings. The van der Waals surface area contributed by atoms with Gasteiger partial charge in [0.25, 0.3) is 10.0 Å². The first-order valence-corrected chi connectivity index (χ1v) is 8.65. The van der Waals surface area contributed by atoms with Gasteiger partial charge in [-0.25, -0.2) is 27.3 Å². The molecule has 0 fully saturated rings. The van der Waals surface area contributed by atoms with E-state index in [0.717, 1.165) is 22.7 Å². The molecule has 1 unspecified atom stereocenters. The number of hydrogen-bond donors (Lipinski definition) is 1. The largest absolute Gasteiger partial charge is 0.352 e. The van der Waals surface area contributed by atoms with E-state index in [-0.39, 0.29) is 0 Å². The van der Waals surface area contributed by atoms with Gasteiger partial charge in [-0.05, 0) is 17.7 Å². The van der Waals surface area contributed by atoms with E-state index in [4.69, 9.17) is 0 Å². The Hall–Kier alpha value is -2.74. The van der Waals surface area contributed by atoms with E-state index in [1.807, 2.05) is 35.1 Å². The van der Waals surface area contributed by atoms with Gasteiger partial charge in [-0.2, -0.15) is 5.10 Å². The Morgan fingerprint density at radius 2 is 1.79 bits per heavy atom. The van der Waals surface area contributed by atoms with E-state index < -0.39 is 32.8 Å². The molecule has 8 heteroatoms. The minimum absolute atomic E-state index is 0.401. The van der Waals surface area contributed by atoms with Crippen molar-refractivity contribution in [2.45, 2.75) is 17.4 Å². The molecule has 1 aliphatic heterocycles. The summed E-state index contributed by atoms with van der Waals surface area (Å²) in [4.78, 5) is 11.7. The maximum absolute atomic E-state index is 13.7. The third kappa shape index (κ3) is 3.13. The Labute approximate surface area is 138 Å². The first kappa shape index (κ1) is 16.1. The molecule has 3 rings (SSSR count). The lowest BCUT2D eigenvalue weighted by molar-refractivity contribution is 0.192. The van der Waals surface area contributed by atoms with Crippen molar-refractivity contribution in [3.05, 3.63) is 66.0 Å². The van der Waals surface area contributed by atoms with Crippen LogP contribution in [0.2, 0.25) is 0 Å². The fraction of sp³-hybridized carbons (Fsp3) is 0.125. The van der Waals surface area contributed by atoms with Gasteiger partial charge in [-0.15, -0.1) is 0 Å². The number of carbonyl (C=O) groups is 1. The number of sulfonamides is 1. The zero-order valence-electron chi connectivity index (χ0n) is 12.5. The molecule has 0 saturated carbocycles. The van der Waals surface area contributed by atoms with Crippen molar-refractivity contribution in [3.63, 3.8) is 0 Å². The van der Waals surface area contributed by atoms with Gasteiger partial charge in [0.05, 0.1) is 6.04 Å². The quantitative estimate of drug-likeness (QED) is 0.927. The van der Waals surface area contributed by atoms with Crippen LogP contribution >= 0.6 is 0 Å². The SMILES string of the molecule is O=C(NS(=O)(=O)c1ccccc1F)N1N=CCC1c1ccccc1. The fourth-order valence-electron chi connectivity index (χ4n) is 2.44. The standard InChI is InChI=1S/C16H14FN3O3S/c17-13-8-4-5-9-15(13)24(22,23)19-16(21)20-14(10-11-18-20)12-6-2-1-3-7-12/h1-9,11,14H,10H2,(H,19,21). The number of benzene rings is 2. The van der Waals surface area contributed by atoms with Gasteiger partial charge in [0.1, 0.15) is 10.7 Å². The second-order valence-electron chi connectivity index (χ2n) is 5.15. The molecule has 24 heavy (non-hydrogen) atoms. The van der Waals surface area contributed by atoms with Crippen molar-refractivity contribution in [1.29, 1.82) is 0 Å². The summed E-state index contributed by atoms with van der Waals surface area (Å²) in [7, 11) is -4.32. The molecule has 2 aromatic carbocycles. The third-order valence-corrected chi connectivity index (χ3v) is 4.92. The summed E-state index contributed by atoms with van der Waals surface area (Å²) in [5, 5.41) is 4.98. The van der Waals surface area contributed by atoms with Crippen LogP contribution in [0.4, 0.5) is 9.18 Å². The molecule has 124 valence electrons. The number of rotatable bonds is 3. The van der Waals surface area contributed by atoms with Crippen LogP contribution in [0.3, 0.4) is 0 Å². The highest BCUT2D eigenvalue weighted by molar-refractivity contribution is 7.90. The maximum atomic E-state index is 13.7. The topological polar surface area (TPSA) is 78.8 Å². The molecule has 0 spiro atoms. The van der Waals surface area contributed by atoms with E-state index in [0.29, 0.717) is 6.42 Å². The highest BCUT2D eigenvalue weighted by atomic mass is 32.2. The number of halogens is 1. The molecule has 2 aromatic rings. The molecule has 2 amide bonds. The Balaban J connectivity index is 1.82. The molecular formula is C16H14FN3O3S. The lowest BCUT2D eigenvalue weighted by Crippen LogP contribution is -2.40. The van der Waals surface area contributed by atoms with Gasteiger partial charge < -0.3 is 0 Å². The fourth-order valence-corrected chi connectivity index (χ4v) is 3.46. The number of amides is 2. The van der Waals surface area contributed by atoms with E-state index in [1.165, 1.54) is 18.3 Å². The predicted molar refractivity (Wildman–Crippen MR) is 86.2 cm³/mol. The highest BCUT2D eigenvalue weighted by Gasteiger charge is 2.31. The van der Waals surface area contributed by atoms with Crippen LogP contribution < -0.4 is 4.72 Å². The molecule has 1 N–H and O–H groups in total. The van der Waals surface area contributed by atoms with Crippen molar-refractivity contribution < 1.29 is 17.6 Å². The van der Waals surface area contributed by atoms with E-state index in [1.54, 1.807) is 0 Å². The van der Waals surface area contributed by atoms with Gasteiger partial charge in [-0.1, -0.05) is 42.5 Å². The maximum Gasteiger partial charge on any atom is 0.352 e. The molecule has 0 saturated heterocycles. The molecule has 0 aliphatic carbocycles. The highest BCUT2D eigenvalue weighted by Crippen LogP contribution is 2.28. The Morgan fingerprint density at radius 3 is 2.50 bits per heavy atom. The molecule has 1 atom stereocenters. The third-order valence-electron chi connectivity index (χ3n) is 3.57. The second-order valence-corrected chi connectivity index (χ2v) is 6.80. The number of nitrogens with zero attached hydrogens (tertiary/aromatic N) is 2. The minimum atomic E-state index is -4.32. The zero-order valence-corrected chi connectivity index (χ0v) is 13.3. The average molecular weight is 347 g/mol. The molecular weight excluding hydrogens is 333 g/mol. The number of hydrazone groups is 1. The van der Waals surface area contributed by atoms with Gasteiger partial charge >= 0.3 is 6.03 Å². The molecule has 0 bridgehead atoms. The Morgan fingerprint density at radius 1 is 1.12 bits per heavy atom. The molecule has 1 heterocycles. The second kappa shape index (κ2) is 6.40. The van der Waals surface area contributed by atoms with E-state index >= 15 is 0 Å². The average Bonchev–Trinajstić information content (AvgIpc) is 3.05. The van der Waals surface area contributed by atoms with Crippen molar-refractivity contribution in [2.75, 3.05) is 0 Å². The van der Waals surface area contributed by atoms with E-state index in [2.05, 4.69) is 5.10 Å². The summed E-state index contributed by atoms with van der Waals surface area (Å²) in [6, 6.07) is 12.6. The Kier molecular flexibility index (Phi) is 4.30. The van der Waals surface area contributed by atoms with Crippen LogP contribution in [0, 0.1) is 5.82 Å². The van der Waals surface area contributed by atoms with Gasteiger partial charge in [0.2, 0.25) is 0 Å². The van der Waals surface area contributed by atoms with E-state index in [9.17, 15) is 17.6 Å². The minimum Gasteiger partial charge on any atom is -0.245 e. The van der Waals surface area contributed by atoms with Crippen molar-refractivity contribution in [1.82, 2.24) is 9.73 Å². The summed E-state index contributed by atoms with van der Waals surface area (Å²) in [6.07, 6.45) is 2.00. The predicted octanol–water partition coefficient (Wildman–Crippen LogP) is 2.66. The van der Waals surface area contributed by atoms with Crippen LogP contribution in [-0.4, -0.2) is 25.7 Å². The molecule has 0 radical (unpaired) electrons. The summed E-state index contributed by atoms with van der Waals surface area (Å²) in [5.74, 6) is -0.928. The summed E-state index contributed by atoms with van der Waals surface area (Å²) < 4.78 is 40.0. The number of hydrogen-bond acceptors (Lipinski definition) is 4. The van der Waals surface area contributed by atoms with Gasteiger partial charge in [-0.3, -0.25) is 0 Å². The van der Waals surface area contributed by atoms with Crippen LogP contribution in [0.15, 0.2) is 64.6 Å². The summed E-state index contributed by atoms with van der Waals surface area (Å²) >= 11 is 0. The molecule has 6 nitrogen and oxygen atoms in total. The van der Waals surface area contributed by atoms with Crippen LogP contribution in [0.1, 0.15) is 18.0 Å². The normalized spacial score (nSPS) is 17.0. The first-order chi connectivity index (χ1) is 11.5. The molecule has 0 aromatic heterocycles. The van der Waals surface area contributed by atoms with Crippen LogP contribution in [0.5, 0.6) is 0 Å². The van der Waals surface area contributed by atoms with Crippen molar-refractivity contribution >= 4 is 22.3 Å². The lowest BCUT2D eigenvalue weighted by Gasteiger charge is -2.22.